The highest BCUT2D eigenvalue weighted by molar-refractivity contribution is 7.97. The molecule has 0 aliphatic heterocycles. The first-order valence-corrected chi connectivity index (χ1v) is 8.22. The second kappa shape index (κ2) is 7.76. The maximum atomic E-state index is 4.00. The van der Waals surface area contributed by atoms with Gasteiger partial charge in [-0.05, 0) is 56.2 Å². The highest BCUT2D eigenvalue weighted by Crippen LogP contribution is 2.25. The van der Waals surface area contributed by atoms with Crippen LogP contribution in [0.15, 0.2) is 41.3 Å². The summed E-state index contributed by atoms with van der Waals surface area (Å²) in [5, 5.41) is 0. The number of hydrogen-bond acceptors (Lipinski definition) is 2. The third-order valence-electron chi connectivity index (χ3n) is 3.73. The van der Waals surface area contributed by atoms with Crippen LogP contribution in [0.1, 0.15) is 51.0 Å². The molecule has 1 aromatic rings. The fourth-order valence-corrected chi connectivity index (χ4v) is 3.50. The Balaban J connectivity index is 1.89. The van der Waals surface area contributed by atoms with Crippen molar-refractivity contribution in [2.45, 2.75) is 62.8 Å². The second-order valence-corrected chi connectivity index (χ2v) is 6.50. The third-order valence-corrected chi connectivity index (χ3v) is 4.80. The summed E-state index contributed by atoms with van der Waals surface area (Å²) in [6.45, 7) is 6.10. The van der Waals surface area contributed by atoms with Gasteiger partial charge in [-0.2, -0.15) is 0 Å². The van der Waals surface area contributed by atoms with Crippen molar-refractivity contribution in [2.75, 3.05) is 0 Å². The fourth-order valence-electron chi connectivity index (χ4n) is 2.53. The van der Waals surface area contributed by atoms with Crippen molar-refractivity contribution in [3.63, 3.8) is 0 Å². The Morgan fingerprint density at radius 3 is 2.74 bits per heavy atom. The summed E-state index contributed by atoms with van der Waals surface area (Å²) in [6, 6.07) is 9.45. The Labute approximate surface area is 122 Å². The molecule has 0 aromatic heterocycles. The average Bonchev–Trinajstić information content (AvgIpc) is 2.45. The summed E-state index contributed by atoms with van der Waals surface area (Å²) >= 11 is 1.83. The lowest BCUT2D eigenvalue weighted by molar-refractivity contribution is 0.423. The van der Waals surface area contributed by atoms with Crippen molar-refractivity contribution in [3.8, 4) is 0 Å². The molecule has 0 radical (unpaired) electrons. The van der Waals surface area contributed by atoms with E-state index in [2.05, 4.69) is 42.5 Å². The van der Waals surface area contributed by atoms with Gasteiger partial charge in [0.15, 0.2) is 0 Å². The molecule has 0 bridgehead atoms. The van der Waals surface area contributed by atoms with Gasteiger partial charge < -0.3 is 0 Å². The van der Waals surface area contributed by atoms with Crippen molar-refractivity contribution in [1.29, 1.82) is 0 Å². The van der Waals surface area contributed by atoms with Gasteiger partial charge >= 0.3 is 0 Å². The first-order valence-electron chi connectivity index (χ1n) is 7.40. The van der Waals surface area contributed by atoms with E-state index in [-0.39, 0.29) is 0 Å². The lowest BCUT2D eigenvalue weighted by Gasteiger charge is -2.22. The van der Waals surface area contributed by atoms with E-state index in [9.17, 15) is 0 Å². The molecule has 1 N–H and O–H groups in total. The minimum atomic E-state index is 0.702. The molecule has 1 nitrogen and oxygen atoms in total. The van der Waals surface area contributed by atoms with E-state index in [0.29, 0.717) is 6.04 Å². The molecule has 0 spiro atoms. The zero-order valence-electron chi connectivity index (χ0n) is 12.0. The van der Waals surface area contributed by atoms with Crippen molar-refractivity contribution < 1.29 is 0 Å². The first kappa shape index (κ1) is 14.7. The lowest BCUT2D eigenvalue weighted by Crippen LogP contribution is -2.25. The summed E-state index contributed by atoms with van der Waals surface area (Å²) in [5.74, 6) is 0. The Bertz CT molecular complexity index is 407. The molecular weight excluding hydrogens is 250 g/mol. The average molecular weight is 275 g/mol. The SMILES string of the molecule is C=C(C)CCc1ccccc1SNC1CCCCC1. The van der Waals surface area contributed by atoms with E-state index in [1.54, 1.807) is 0 Å². The molecule has 19 heavy (non-hydrogen) atoms. The summed E-state index contributed by atoms with van der Waals surface area (Å²) < 4.78 is 3.66. The zero-order chi connectivity index (χ0) is 13.5. The Kier molecular flexibility index (Phi) is 5.99. The Morgan fingerprint density at radius 2 is 2.00 bits per heavy atom. The molecule has 1 aromatic carbocycles. The number of allylic oxidation sites excluding steroid dienone is 1. The van der Waals surface area contributed by atoms with Crippen LogP contribution in [0.4, 0.5) is 0 Å². The number of nitrogens with one attached hydrogen (secondary N) is 1. The largest absolute Gasteiger partial charge is 0.257 e. The predicted octanol–water partition coefficient (Wildman–Crippen LogP) is 5.12. The van der Waals surface area contributed by atoms with Crippen LogP contribution in [-0.4, -0.2) is 6.04 Å². The maximum Gasteiger partial charge on any atom is 0.0260 e. The van der Waals surface area contributed by atoms with Gasteiger partial charge in [0.25, 0.3) is 0 Å². The molecule has 2 heteroatoms. The molecule has 2 rings (SSSR count). The van der Waals surface area contributed by atoms with Crippen LogP contribution < -0.4 is 4.72 Å². The molecule has 1 aliphatic carbocycles. The summed E-state index contributed by atoms with van der Waals surface area (Å²) in [5.41, 5.74) is 2.71. The summed E-state index contributed by atoms with van der Waals surface area (Å²) in [4.78, 5) is 1.38. The van der Waals surface area contributed by atoms with Crippen molar-refractivity contribution >= 4 is 11.9 Å². The molecular formula is C17H25NS. The molecule has 0 saturated heterocycles. The fraction of sp³-hybridized carbons (Fsp3) is 0.529. The van der Waals surface area contributed by atoms with Crippen LogP contribution in [0, 0.1) is 0 Å². The predicted molar refractivity (Wildman–Crippen MR) is 85.4 cm³/mol. The Hall–Kier alpha value is -0.730. The van der Waals surface area contributed by atoms with Crippen molar-refractivity contribution in [3.05, 3.63) is 42.0 Å². The van der Waals surface area contributed by atoms with Crippen LogP contribution in [0.25, 0.3) is 0 Å². The van der Waals surface area contributed by atoms with Gasteiger partial charge in [0.1, 0.15) is 0 Å². The topological polar surface area (TPSA) is 12.0 Å². The minimum absolute atomic E-state index is 0.702. The molecule has 0 unspecified atom stereocenters. The highest BCUT2D eigenvalue weighted by atomic mass is 32.2. The molecule has 0 heterocycles. The summed E-state index contributed by atoms with van der Waals surface area (Å²) in [6.07, 6.45) is 9.04. The third kappa shape index (κ3) is 5.04. The van der Waals surface area contributed by atoms with E-state index in [4.69, 9.17) is 0 Å². The normalized spacial score (nSPS) is 16.5. The number of benzene rings is 1. The molecule has 1 saturated carbocycles. The monoisotopic (exact) mass is 275 g/mol. The van der Waals surface area contributed by atoms with Gasteiger partial charge in [0, 0.05) is 10.9 Å². The molecule has 1 aliphatic rings. The van der Waals surface area contributed by atoms with Gasteiger partial charge in [-0.1, -0.05) is 43.0 Å². The van der Waals surface area contributed by atoms with E-state index < -0.39 is 0 Å². The minimum Gasteiger partial charge on any atom is -0.257 e. The zero-order valence-corrected chi connectivity index (χ0v) is 12.8. The van der Waals surface area contributed by atoms with Crippen LogP contribution >= 0.6 is 11.9 Å². The van der Waals surface area contributed by atoms with E-state index in [1.165, 1.54) is 48.1 Å². The van der Waals surface area contributed by atoms with Crippen LogP contribution in [-0.2, 0) is 6.42 Å². The van der Waals surface area contributed by atoms with E-state index in [1.807, 2.05) is 11.9 Å². The standard InChI is InChI=1S/C17H25NS/c1-14(2)12-13-15-8-6-7-11-17(15)19-18-16-9-4-3-5-10-16/h6-8,11,16,18H,1,3-5,9-10,12-13H2,2H3. The van der Waals surface area contributed by atoms with Crippen LogP contribution in [0.3, 0.4) is 0 Å². The van der Waals surface area contributed by atoms with Crippen LogP contribution in [0.5, 0.6) is 0 Å². The van der Waals surface area contributed by atoms with Gasteiger partial charge in [-0.15, -0.1) is 6.58 Å². The van der Waals surface area contributed by atoms with Crippen LogP contribution in [0.2, 0.25) is 0 Å². The van der Waals surface area contributed by atoms with E-state index >= 15 is 0 Å². The summed E-state index contributed by atoms with van der Waals surface area (Å²) in [7, 11) is 0. The quantitative estimate of drug-likeness (QED) is 0.571. The van der Waals surface area contributed by atoms with Crippen molar-refractivity contribution in [1.82, 2.24) is 4.72 Å². The van der Waals surface area contributed by atoms with Gasteiger partial charge in [-0.25, -0.2) is 0 Å². The maximum absolute atomic E-state index is 4.00. The van der Waals surface area contributed by atoms with Crippen molar-refractivity contribution in [2.24, 2.45) is 0 Å². The number of rotatable bonds is 6. The molecule has 1 fully saturated rings. The van der Waals surface area contributed by atoms with E-state index in [0.717, 1.165) is 12.8 Å². The highest BCUT2D eigenvalue weighted by Gasteiger charge is 2.13. The number of hydrogen-bond donors (Lipinski definition) is 1. The molecule has 0 atom stereocenters. The molecule has 0 amide bonds. The smallest absolute Gasteiger partial charge is 0.0260 e. The second-order valence-electron chi connectivity index (χ2n) is 5.62. The first-order chi connectivity index (χ1) is 9.25. The molecule has 104 valence electrons. The lowest BCUT2D eigenvalue weighted by atomic mass is 9.96. The number of aryl methyl sites for hydroxylation is 1. The van der Waals surface area contributed by atoms with Gasteiger partial charge in [-0.3, -0.25) is 4.72 Å². The van der Waals surface area contributed by atoms with Gasteiger partial charge in [0.05, 0.1) is 0 Å². The van der Waals surface area contributed by atoms with Gasteiger partial charge in [0.2, 0.25) is 0 Å². The Morgan fingerprint density at radius 1 is 1.26 bits per heavy atom.